The van der Waals surface area contributed by atoms with E-state index < -0.39 is 48.4 Å². The van der Waals surface area contributed by atoms with Gasteiger partial charge in [0.25, 0.3) is 0 Å². The van der Waals surface area contributed by atoms with Gasteiger partial charge in [0.1, 0.15) is 17.4 Å². The second kappa shape index (κ2) is 11.9. The van der Waals surface area contributed by atoms with Gasteiger partial charge >= 0.3 is 12.0 Å². The first kappa shape index (κ1) is 28.9. The maximum Gasteiger partial charge on any atom is 0.367 e. The van der Waals surface area contributed by atoms with E-state index >= 15 is 4.39 Å². The Hall–Kier alpha value is -3.13. The van der Waals surface area contributed by atoms with Gasteiger partial charge < -0.3 is 20.5 Å². The highest BCUT2D eigenvalue weighted by molar-refractivity contribution is 9.10. The molecule has 1 aliphatic carbocycles. The highest BCUT2D eigenvalue weighted by Gasteiger charge is 2.56. The van der Waals surface area contributed by atoms with Crippen LogP contribution in [0.15, 0.2) is 34.9 Å². The van der Waals surface area contributed by atoms with E-state index in [0.717, 1.165) is 4.47 Å². The van der Waals surface area contributed by atoms with Crippen LogP contribution in [-0.2, 0) is 19.3 Å². The number of anilines is 1. The maximum atomic E-state index is 15.2. The van der Waals surface area contributed by atoms with Gasteiger partial charge in [0, 0.05) is 34.6 Å². The zero-order valence-corrected chi connectivity index (χ0v) is 23.2. The molecule has 0 unspecified atom stereocenters. The smallest absolute Gasteiger partial charge is 0.367 e. The van der Waals surface area contributed by atoms with Crippen LogP contribution in [0, 0.1) is 11.7 Å². The van der Waals surface area contributed by atoms with Crippen LogP contribution < -0.4 is 21.1 Å². The van der Waals surface area contributed by atoms with E-state index in [0.29, 0.717) is 18.7 Å². The first-order valence-corrected chi connectivity index (χ1v) is 13.3. The van der Waals surface area contributed by atoms with Gasteiger partial charge in [0.2, 0.25) is 6.29 Å². The molecule has 1 saturated carbocycles. The Bertz CT molecular complexity index is 1250. The predicted octanol–water partition coefficient (Wildman–Crippen LogP) is 4.16. The summed E-state index contributed by atoms with van der Waals surface area (Å²) in [7, 11) is 0. The third-order valence-electron chi connectivity index (χ3n) is 7.02. The summed E-state index contributed by atoms with van der Waals surface area (Å²) in [6.07, 6.45) is 1.41. The fourth-order valence-corrected chi connectivity index (χ4v) is 4.59. The second-order valence-corrected chi connectivity index (χ2v) is 10.4. The van der Waals surface area contributed by atoms with E-state index in [1.807, 2.05) is 6.92 Å². The molecule has 1 aromatic heterocycles. The van der Waals surface area contributed by atoms with Crippen molar-refractivity contribution >= 4 is 39.5 Å². The van der Waals surface area contributed by atoms with Crippen molar-refractivity contribution in [2.24, 2.45) is 11.7 Å². The Balaban J connectivity index is 1.48. The van der Waals surface area contributed by atoms with Gasteiger partial charge in [-0.1, -0.05) is 27.2 Å². The molecule has 13 heteroatoms. The molecule has 1 saturated heterocycles. The van der Waals surface area contributed by atoms with Gasteiger partial charge in [-0.2, -0.15) is 4.89 Å². The van der Waals surface area contributed by atoms with E-state index in [9.17, 15) is 14.4 Å². The number of nitrogens with two attached hydrogens (primary N) is 1. The number of carbonyl (C=O) groups excluding carboxylic acids is 3. The predicted molar refractivity (Wildman–Crippen MR) is 140 cm³/mol. The normalized spacial score (nSPS) is 24.6. The summed E-state index contributed by atoms with van der Waals surface area (Å²) >= 11 is 3.28. The minimum Gasteiger partial charge on any atom is -0.466 e. The molecular weight excluding hydrogens is 579 g/mol. The van der Waals surface area contributed by atoms with E-state index in [1.54, 1.807) is 32.2 Å². The van der Waals surface area contributed by atoms with Crippen LogP contribution in [0.4, 0.5) is 15.0 Å². The Morgan fingerprint density at radius 3 is 2.74 bits per heavy atom. The number of Topliss-reactive ketones (excluding diaryl/α,β-unsaturated/α-hetero) is 1. The number of benzene rings is 1. The number of hydrogen-bond acceptors (Lipinski definition) is 9. The highest BCUT2D eigenvalue weighted by atomic mass is 79.9. The van der Waals surface area contributed by atoms with Gasteiger partial charge in [-0.3, -0.25) is 15.0 Å². The lowest BCUT2D eigenvalue weighted by Gasteiger charge is -2.29. The zero-order chi connectivity index (χ0) is 28.3. The Morgan fingerprint density at radius 2 is 2.08 bits per heavy atom. The second-order valence-electron chi connectivity index (χ2n) is 9.49. The van der Waals surface area contributed by atoms with Crippen molar-refractivity contribution in [2.75, 3.05) is 12.1 Å². The summed E-state index contributed by atoms with van der Waals surface area (Å²) in [6, 6.07) is 5.00. The molecule has 2 amide bonds. The zero-order valence-electron chi connectivity index (χ0n) is 21.7. The van der Waals surface area contributed by atoms with Crippen LogP contribution >= 0.6 is 15.9 Å². The lowest BCUT2D eigenvalue weighted by Crippen LogP contribution is -2.58. The number of pyridine rings is 1. The fourth-order valence-electron chi connectivity index (χ4n) is 4.36. The number of halogens is 2. The summed E-state index contributed by atoms with van der Waals surface area (Å²) in [4.78, 5) is 51.1. The number of urea groups is 1. The van der Waals surface area contributed by atoms with Crippen molar-refractivity contribution in [1.29, 1.82) is 0 Å². The summed E-state index contributed by atoms with van der Waals surface area (Å²) in [5, 5.41) is 5.41. The summed E-state index contributed by atoms with van der Waals surface area (Å²) in [5.74, 6) is -2.06. The molecule has 2 aromatic rings. The Labute approximate surface area is 233 Å². The van der Waals surface area contributed by atoms with Crippen LogP contribution in [0.2, 0.25) is 0 Å². The van der Waals surface area contributed by atoms with E-state index in [4.69, 9.17) is 20.1 Å². The lowest BCUT2D eigenvalue weighted by atomic mass is 9.84. The number of ketones is 1. The summed E-state index contributed by atoms with van der Waals surface area (Å²) in [6.45, 7) is 4.80. The first-order valence-electron chi connectivity index (χ1n) is 12.6. The van der Waals surface area contributed by atoms with Gasteiger partial charge in [0.15, 0.2) is 18.1 Å². The van der Waals surface area contributed by atoms with Crippen molar-refractivity contribution in [3.8, 4) is 5.75 Å². The molecule has 11 nitrogen and oxygen atoms in total. The average molecular weight is 609 g/mol. The molecule has 0 radical (unpaired) electrons. The van der Waals surface area contributed by atoms with Crippen LogP contribution in [0.1, 0.15) is 61.9 Å². The molecule has 1 aromatic carbocycles. The molecule has 4 rings (SSSR count). The topological polar surface area (TPSA) is 151 Å². The number of nitrogens with zero attached hydrogens (tertiary/aromatic N) is 1. The Kier molecular flexibility index (Phi) is 8.84. The van der Waals surface area contributed by atoms with Gasteiger partial charge in [0.05, 0.1) is 5.56 Å². The Morgan fingerprint density at radius 1 is 1.31 bits per heavy atom. The molecule has 2 heterocycles. The number of carbonyl (C=O) groups is 3. The lowest BCUT2D eigenvalue weighted by molar-refractivity contribution is -0.327. The number of nitrogens with one attached hydrogen (secondary N) is 2. The molecule has 0 spiro atoms. The van der Waals surface area contributed by atoms with Crippen molar-refractivity contribution in [2.45, 2.75) is 63.8 Å². The van der Waals surface area contributed by atoms with Crippen LogP contribution in [0.3, 0.4) is 0 Å². The number of amides is 2. The largest absolute Gasteiger partial charge is 0.466 e. The average Bonchev–Trinajstić information content (AvgIpc) is 3.61. The standard InChI is InChI=1S/C26H30BrFN4O7/c1-4-13(3)26(29)23(34)38-39-24(26)37-12-36-22-15(19(33)5-2)7-8-17(28)21(22)16-10-18(16)31-25(35)32-20-9-6-14(27)11-30-20/h6-9,11,13,16,18,24H,4-5,10,12,29H2,1-3H3,(H2,30,31,32,35)/t13-,16+,18-,24-,26+/m1/s1. The molecule has 4 N–H and O–H groups in total. The fraction of sp³-hybridized carbons (Fsp3) is 0.462. The quantitative estimate of drug-likeness (QED) is 0.194. The number of aromatic nitrogens is 1. The molecule has 1 aliphatic heterocycles. The third-order valence-corrected chi connectivity index (χ3v) is 7.49. The molecule has 210 valence electrons. The molecular formula is C26H30BrFN4O7. The van der Waals surface area contributed by atoms with E-state index in [-0.39, 0.29) is 35.0 Å². The van der Waals surface area contributed by atoms with Crippen molar-refractivity contribution in [1.82, 2.24) is 10.3 Å². The summed E-state index contributed by atoms with van der Waals surface area (Å²) < 4.78 is 27.3. The molecule has 0 bridgehead atoms. The number of rotatable bonds is 11. The third kappa shape index (κ3) is 6.06. The van der Waals surface area contributed by atoms with Crippen LogP contribution in [-0.4, -0.2) is 47.4 Å². The molecule has 2 aliphatic rings. The minimum atomic E-state index is -1.56. The maximum absolute atomic E-state index is 15.2. The van der Waals surface area contributed by atoms with Crippen LogP contribution in [0.25, 0.3) is 0 Å². The number of hydrogen-bond donors (Lipinski definition) is 3. The first-order chi connectivity index (χ1) is 18.6. The van der Waals surface area contributed by atoms with E-state index in [1.165, 1.54) is 12.1 Å². The number of ether oxygens (including phenoxy) is 2. The van der Waals surface area contributed by atoms with Gasteiger partial charge in [-0.15, -0.1) is 0 Å². The van der Waals surface area contributed by atoms with Crippen LogP contribution in [0.5, 0.6) is 5.75 Å². The SMILES string of the molecule is CCC(=O)c1ccc(F)c([C@H]2C[C@H]2NC(=O)Nc2ccc(Br)cn2)c1OCO[C@@H]1OOC(=O)[C@@]1(N)[C@H](C)CC. The van der Waals surface area contributed by atoms with Gasteiger partial charge in [-0.05, 0) is 52.5 Å². The highest BCUT2D eigenvalue weighted by Crippen LogP contribution is 2.47. The minimum absolute atomic E-state index is 0.00235. The van der Waals surface area contributed by atoms with Gasteiger partial charge in [-0.25, -0.2) is 19.0 Å². The summed E-state index contributed by atoms with van der Waals surface area (Å²) in [5.41, 5.74) is 5.03. The molecule has 2 fully saturated rings. The molecule has 5 atom stereocenters. The van der Waals surface area contributed by atoms with Crippen molar-refractivity contribution in [3.05, 3.63) is 51.9 Å². The monoisotopic (exact) mass is 608 g/mol. The molecule has 39 heavy (non-hydrogen) atoms. The van der Waals surface area contributed by atoms with E-state index in [2.05, 4.69) is 36.4 Å². The van der Waals surface area contributed by atoms with Crippen molar-refractivity contribution in [3.63, 3.8) is 0 Å². The van der Waals surface area contributed by atoms with Crippen molar-refractivity contribution < 1.29 is 38.0 Å².